The summed E-state index contributed by atoms with van der Waals surface area (Å²) < 4.78 is 0. The van der Waals surface area contributed by atoms with Gasteiger partial charge in [0.1, 0.15) is 17.4 Å². The monoisotopic (exact) mass is 307 g/mol. The van der Waals surface area contributed by atoms with Gasteiger partial charge in [0.15, 0.2) is 5.69 Å². The fraction of sp³-hybridized carbons (Fsp3) is 0.0769. The van der Waals surface area contributed by atoms with Gasteiger partial charge in [0.25, 0.3) is 5.91 Å². The fourth-order valence-corrected chi connectivity index (χ4v) is 1.72. The SMILES string of the molecule is O=C(O)CNC(=O)c1nc(-c2cccc(Cl)n2)ccc1O. The molecule has 0 fully saturated rings. The summed E-state index contributed by atoms with van der Waals surface area (Å²) >= 11 is 5.78. The highest BCUT2D eigenvalue weighted by Gasteiger charge is 2.15. The molecule has 0 atom stereocenters. The van der Waals surface area contributed by atoms with Crippen molar-refractivity contribution < 1.29 is 19.8 Å². The summed E-state index contributed by atoms with van der Waals surface area (Å²) in [5.41, 5.74) is 0.473. The zero-order valence-electron chi connectivity index (χ0n) is 10.6. The van der Waals surface area contributed by atoms with E-state index in [2.05, 4.69) is 15.3 Å². The summed E-state index contributed by atoms with van der Waals surface area (Å²) in [6, 6.07) is 7.65. The van der Waals surface area contributed by atoms with Crippen molar-refractivity contribution in [1.29, 1.82) is 0 Å². The number of halogens is 1. The van der Waals surface area contributed by atoms with E-state index in [0.29, 0.717) is 11.4 Å². The van der Waals surface area contributed by atoms with Crippen molar-refractivity contribution in [2.75, 3.05) is 6.54 Å². The highest BCUT2D eigenvalue weighted by molar-refractivity contribution is 6.29. The van der Waals surface area contributed by atoms with E-state index in [1.807, 2.05) is 0 Å². The Hall–Kier alpha value is -2.67. The summed E-state index contributed by atoms with van der Waals surface area (Å²) in [4.78, 5) is 30.2. The molecule has 8 heteroatoms. The predicted molar refractivity (Wildman–Crippen MR) is 74.1 cm³/mol. The van der Waals surface area contributed by atoms with Gasteiger partial charge in [-0.05, 0) is 24.3 Å². The first-order chi connectivity index (χ1) is 9.97. The average molecular weight is 308 g/mol. The van der Waals surface area contributed by atoms with Crippen LogP contribution in [0.15, 0.2) is 30.3 Å². The van der Waals surface area contributed by atoms with Gasteiger partial charge in [-0.3, -0.25) is 9.59 Å². The molecule has 108 valence electrons. The Morgan fingerprint density at radius 1 is 1.14 bits per heavy atom. The van der Waals surface area contributed by atoms with Gasteiger partial charge in [0, 0.05) is 0 Å². The lowest BCUT2D eigenvalue weighted by molar-refractivity contribution is -0.135. The molecule has 2 rings (SSSR count). The third-order valence-electron chi connectivity index (χ3n) is 2.47. The summed E-state index contributed by atoms with van der Waals surface area (Å²) in [6.45, 7) is -0.570. The largest absolute Gasteiger partial charge is 0.505 e. The number of carbonyl (C=O) groups is 2. The molecule has 0 radical (unpaired) electrons. The number of nitrogens with zero attached hydrogens (tertiary/aromatic N) is 2. The quantitative estimate of drug-likeness (QED) is 0.734. The molecule has 0 unspecified atom stereocenters. The minimum absolute atomic E-state index is 0.263. The molecule has 0 aliphatic carbocycles. The predicted octanol–water partition coefficient (Wildman–Crippen LogP) is 1.32. The molecule has 0 spiro atoms. The van der Waals surface area contributed by atoms with Gasteiger partial charge in [0.2, 0.25) is 0 Å². The maximum atomic E-state index is 11.8. The van der Waals surface area contributed by atoms with Crippen LogP contribution in [0.5, 0.6) is 5.75 Å². The van der Waals surface area contributed by atoms with E-state index in [-0.39, 0.29) is 16.6 Å². The molecule has 0 aromatic carbocycles. The highest BCUT2D eigenvalue weighted by Crippen LogP contribution is 2.22. The van der Waals surface area contributed by atoms with Crippen molar-refractivity contribution in [1.82, 2.24) is 15.3 Å². The van der Waals surface area contributed by atoms with Crippen LogP contribution in [0.3, 0.4) is 0 Å². The van der Waals surface area contributed by atoms with Gasteiger partial charge < -0.3 is 15.5 Å². The topological polar surface area (TPSA) is 112 Å². The molecule has 0 aliphatic rings. The van der Waals surface area contributed by atoms with Crippen LogP contribution in [0.1, 0.15) is 10.5 Å². The molecule has 21 heavy (non-hydrogen) atoms. The number of carboxylic acids is 1. The van der Waals surface area contributed by atoms with Crippen LogP contribution in [0, 0.1) is 0 Å². The van der Waals surface area contributed by atoms with Crippen molar-refractivity contribution in [2.45, 2.75) is 0 Å². The van der Waals surface area contributed by atoms with Crippen molar-refractivity contribution in [3.05, 3.63) is 41.2 Å². The van der Waals surface area contributed by atoms with Gasteiger partial charge in [-0.1, -0.05) is 17.7 Å². The van der Waals surface area contributed by atoms with Crippen LogP contribution in [0.2, 0.25) is 5.15 Å². The molecule has 1 amide bonds. The molecule has 7 nitrogen and oxygen atoms in total. The van der Waals surface area contributed by atoms with Crippen LogP contribution in [-0.2, 0) is 4.79 Å². The Labute approximate surface area is 124 Å². The zero-order valence-corrected chi connectivity index (χ0v) is 11.3. The normalized spacial score (nSPS) is 10.1. The van der Waals surface area contributed by atoms with E-state index >= 15 is 0 Å². The molecule has 0 aliphatic heterocycles. The summed E-state index contributed by atoms with van der Waals surface area (Å²) in [7, 11) is 0. The van der Waals surface area contributed by atoms with Crippen molar-refractivity contribution in [3.8, 4) is 17.1 Å². The second-order valence-electron chi connectivity index (χ2n) is 3.99. The van der Waals surface area contributed by atoms with Crippen LogP contribution in [0.4, 0.5) is 0 Å². The lowest BCUT2D eigenvalue weighted by Crippen LogP contribution is -2.30. The molecular formula is C13H10ClN3O4. The number of pyridine rings is 2. The number of nitrogens with one attached hydrogen (secondary N) is 1. The Morgan fingerprint density at radius 2 is 1.86 bits per heavy atom. The molecule has 0 saturated heterocycles. The Bertz CT molecular complexity index is 706. The number of aromatic hydroxyl groups is 1. The van der Waals surface area contributed by atoms with Crippen molar-refractivity contribution >= 4 is 23.5 Å². The number of aliphatic carboxylic acids is 1. The third-order valence-corrected chi connectivity index (χ3v) is 2.68. The lowest BCUT2D eigenvalue weighted by Gasteiger charge is -2.07. The maximum absolute atomic E-state index is 11.8. The van der Waals surface area contributed by atoms with Gasteiger partial charge in [-0.2, -0.15) is 0 Å². The van der Waals surface area contributed by atoms with E-state index in [4.69, 9.17) is 16.7 Å². The fourth-order valence-electron chi connectivity index (χ4n) is 1.55. The number of hydrogen-bond donors (Lipinski definition) is 3. The van der Waals surface area contributed by atoms with Gasteiger partial charge in [-0.25, -0.2) is 9.97 Å². The molecule has 2 heterocycles. The van der Waals surface area contributed by atoms with E-state index in [9.17, 15) is 14.7 Å². The number of hydrogen-bond acceptors (Lipinski definition) is 5. The van der Waals surface area contributed by atoms with Crippen molar-refractivity contribution in [3.63, 3.8) is 0 Å². The second-order valence-corrected chi connectivity index (χ2v) is 4.37. The number of aromatic nitrogens is 2. The number of rotatable bonds is 4. The average Bonchev–Trinajstić information content (AvgIpc) is 2.45. The first-order valence-electron chi connectivity index (χ1n) is 5.80. The second kappa shape index (κ2) is 6.19. The van der Waals surface area contributed by atoms with Crippen molar-refractivity contribution in [2.24, 2.45) is 0 Å². The van der Waals surface area contributed by atoms with Crippen LogP contribution in [-0.4, -0.2) is 38.6 Å². The molecule has 0 bridgehead atoms. The summed E-state index contributed by atoms with van der Waals surface area (Å²) in [5, 5.41) is 20.6. The Kier molecular flexibility index (Phi) is 4.34. The van der Waals surface area contributed by atoms with Crippen LogP contribution in [0.25, 0.3) is 11.4 Å². The maximum Gasteiger partial charge on any atom is 0.322 e. The Balaban J connectivity index is 2.33. The summed E-state index contributed by atoms with van der Waals surface area (Å²) in [5.74, 6) is -2.35. The number of carboxylic acid groups (broad SMARTS) is 1. The minimum Gasteiger partial charge on any atom is -0.505 e. The Morgan fingerprint density at radius 3 is 2.52 bits per heavy atom. The van der Waals surface area contributed by atoms with Gasteiger partial charge in [0.05, 0.1) is 11.4 Å². The minimum atomic E-state index is -1.20. The third kappa shape index (κ3) is 3.67. The number of amides is 1. The first-order valence-corrected chi connectivity index (χ1v) is 6.18. The van der Waals surface area contributed by atoms with Gasteiger partial charge >= 0.3 is 5.97 Å². The first kappa shape index (κ1) is 14.7. The molecular weight excluding hydrogens is 298 g/mol. The molecule has 2 aromatic rings. The van der Waals surface area contributed by atoms with E-state index < -0.39 is 18.4 Å². The van der Waals surface area contributed by atoms with Gasteiger partial charge in [-0.15, -0.1) is 0 Å². The lowest BCUT2D eigenvalue weighted by atomic mass is 10.2. The van der Waals surface area contributed by atoms with E-state index in [1.54, 1.807) is 18.2 Å². The van der Waals surface area contributed by atoms with E-state index in [0.717, 1.165) is 0 Å². The van der Waals surface area contributed by atoms with Crippen LogP contribution >= 0.6 is 11.6 Å². The zero-order chi connectivity index (χ0) is 15.4. The standard InChI is InChI=1S/C13H10ClN3O4/c14-10-3-1-2-7(16-10)8-4-5-9(18)12(17-8)13(21)15-6-11(19)20/h1-5,18H,6H2,(H,15,21)(H,19,20). The smallest absolute Gasteiger partial charge is 0.322 e. The van der Waals surface area contributed by atoms with Crippen LogP contribution < -0.4 is 5.32 Å². The molecule has 3 N–H and O–H groups in total. The molecule has 2 aromatic heterocycles. The summed E-state index contributed by atoms with van der Waals surface area (Å²) in [6.07, 6.45) is 0. The molecule has 0 saturated carbocycles. The highest BCUT2D eigenvalue weighted by atomic mass is 35.5. The van der Waals surface area contributed by atoms with E-state index in [1.165, 1.54) is 12.1 Å². The number of carbonyl (C=O) groups excluding carboxylic acids is 1.